The van der Waals surface area contributed by atoms with E-state index in [1.54, 1.807) is 0 Å². The summed E-state index contributed by atoms with van der Waals surface area (Å²) in [5.74, 6) is 0. The number of benzene rings is 11. The SMILES string of the molecule is c1ccc(N2c3ccccc3[Si](c3ccccc3)(c3ccccc3)c3ccc(-c4ccc5c(c4)oc4cc(N(c6ccccc6)c6cc7ccccc7c7ccccc67)ccc45)cc32)cc1. The van der Waals surface area contributed by atoms with Crippen molar-refractivity contribution in [1.29, 1.82) is 0 Å². The lowest BCUT2D eigenvalue weighted by atomic mass is 9.99. The molecule has 0 radical (unpaired) electrons. The molecule has 4 heteroatoms. The Morgan fingerprint density at radius 2 is 0.894 bits per heavy atom. The van der Waals surface area contributed by atoms with E-state index in [4.69, 9.17) is 4.42 Å². The molecule has 310 valence electrons. The van der Waals surface area contributed by atoms with Crippen molar-refractivity contribution in [2.45, 2.75) is 0 Å². The molecule has 0 saturated heterocycles. The summed E-state index contributed by atoms with van der Waals surface area (Å²) in [7, 11) is -2.80. The topological polar surface area (TPSA) is 19.6 Å². The Morgan fingerprint density at radius 1 is 0.348 bits per heavy atom. The molecule has 0 amide bonds. The van der Waals surface area contributed by atoms with Crippen LogP contribution in [0.5, 0.6) is 0 Å². The highest BCUT2D eigenvalue weighted by atomic mass is 28.3. The van der Waals surface area contributed by atoms with E-state index in [1.807, 2.05) is 0 Å². The van der Waals surface area contributed by atoms with Crippen LogP contribution < -0.4 is 30.5 Å². The van der Waals surface area contributed by atoms with E-state index < -0.39 is 8.07 Å². The fourth-order valence-electron chi connectivity index (χ4n) is 10.8. The van der Waals surface area contributed by atoms with E-state index in [1.165, 1.54) is 53.7 Å². The minimum atomic E-state index is -2.80. The second kappa shape index (κ2) is 15.4. The third-order valence-electron chi connectivity index (χ3n) is 13.7. The summed E-state index contributed by atoms with van der Waals surface area (Å²) >= 11 is 0. The molecule has 0 unspecified atom stereocenters. The standard InChI is InChI=1S/C62H42N2OSi/c1-5-20-46(21-6-1)63(57-40-45-19-13-14-28-51(45)52-29-15-16-30-53(52)57)48-35-37-55-54-36-33-44(41-59(54)65-60(55)42-48)43-34-38-62-58(39-43)64(47-22-7-2-8-23-47)56-31-17-18-32-61(56)66(62,49-24-9-3-10-25-49)50-26-11-4-12-27-50/h1-42H. The number of rotatable bonds is 7. The summed E-state index contributed by atoms with van der Waals surface area (Å²) in [5.41, 5.74) is 10.8. The molecular weight excluding hydrogens is 817 g/mol. The fourth-order valence-corrected chi connectivity index (χ4v) is 15.9. The van der Waals surface area contributed by atoms with Crippen molar-refractivity contribution < 1.29 is 4.42 Å². The van der Waals surface area contributed by atoms with Crippen molar-refractivity contribution >= 4 is 106 Å². The molecule has 1 aliphatic rings. The Morgan fingerprint density at radius 3 is 1.64 bits per heavy atom. The molecule has 3 nitrogen and oxygen atoms in total. The van der Waals surface area contributed by atoms with Gasteiger partial charge in [0, 0.05) is 50.7 Å². The molecule has 11 aromatic carbocycles. The minimum absolute atomic E-state index is 0.851. The molecule has 12 aromatic rings. The number of anilines is 6. The van der Waals surface area contributed by atoms with Crippen LogP contribution in [0.4, 0.5) is 34.1 Å². The average Bonchev–Trinajstić information content (AvgIpc) is 3.76. The molecule has 0 bridgehead atoms. The Hall–Kier alpha value is -8.44. The maximum absolute atomic E-state index is 6.90. The van der Waals surface area contributed by atoms with E-state index in [2.05, 4.69) is 265 Å². The van der Waals surface area contributed by atoms with Crippen LogP contribution in [0.2, 0.25) is 0 Å². The molecule has 13 rings (SSSR count). The highest BCUT2D eigenvalue weighted by molar-refractivity contribution is 7.21. The lowest BCUT2D eigenvalue weighted by Crippen LogP contribution is -2.77. The maximum atomic E-state index is 6.90. The molecular formula is C62H42N2OSi. The first-order chi connectivity index (χ1) is 32.7. The van der Waals surface area contributed by atoms with Gasteiger partial charge in [0.05, 0.1) is 5.69 Å². The predicted molar refractivity (Wildman–Crippen MR) is 281 cm³/mol. The maximum Gasteiger partial charge on any atom is 0.184 e. The second-order valence-corrected chi connectivity index (χ2v) is 21.0. The van der Waals surface area contributed by atoms with Crippen LogP contribution in [-0.4, -0.2) is 8.07 Å². The van der Waals surface area contributed by atoms with E-state index in [0.29, 0.717) is 0 Å². The summed E-state index contributed by atoms with van der Waals surface area (Å²) in [6.07, 6.45) is 0. The van der Waals surface area contributed by atoms with Crippen LogP contribution in [0.1, 0.15) is 0 Å². The first-order valence-electron chi connectivity index (χ1n) is 22.7. The summed E-state index contributed by atoms with van der Waals surface area (Å²) in [6, 6.07) is 93.3. The monoisotopic (exact) mass is 858 g/mol. The van der Waals surface area contributed by atoms with Crippen molar-refractivity contribution in [1.82, 2.24) is 0 Å². The Kier molecular flexibility index (Phi) is 8.86. The largest absolute Gasteiger partial charge is 0.456 e. The Balaban J connectivity index is 0.979. The van der Waals surface area contributed by atoms with Crippen molar-refractivity contribution in [3.8, 4) is 11.1 Å². The number of hydrogen-bond acceptors (Lipinski definition) is 3. The van der Waals surface area contributed by atoms with Gasteiger partial charge in [-0.25, -0.2) is 0 Å². The van der Waals surface area contributed by atoms with Crippen molar-refractivity contribution in [2.75, 3.05) is 9.80 Å². The number of hydrogen-bond donors (Lipinski definition) is 0. The van der Waals surface area contributed by atoms with Gasteiger partial charge < -0.3 is 14.2 Å². The molecule has 0 atom stereocenters. The van der Waals surface area contributed by atoms with Crippen LogP contribution >= 0.6 is 0 Å². The first-order valence-corrected chi connectivity index (χ1v) is 24.7. The normalized spacial score (nSPS) is 12.9. The van der Waals surface area contributed by atoms with Gasteiger partial charge in [0.25, 0.3) is 0 Å². The lowest BCUT2D eigenvalue weighted by molar-refractivity contribution is 0.669. The first kappa shape index (κ1) is 38.1. The highest BCUT2D eigenvalue weighted by Gasteiger charge is 2.48. The van der Waals surface area contributed by atoms with Crippen molar-refractivity contribution in [2.24, 2.45) is 0 Å². The zero-order chi connectivity index (χ0) is 43.6. The summed E-state index contributed by atoms with van der Waals surface area (Å²) < 4.78 is 6.90. The van der Waals surface area contributed by atoms with Crippen molar-refractivity contribution in [3.63, 3.8) is 0 Å². The quantitative estimate of drug-likeness (QED) is 0.118. The molecule has 1 aromatic heterocycles. The number of nitrogens with zero attached hydrogens (tertiary/aromatic N) is 2. The molecule has 2 heterocycles. The smallest absolute Gasteiger partial charge is 0.184 e. The number of para-hydroxylation sites is 3. The van der Waals surface area contributed by atoms with E-state index in [0.717, 1.165) is 55.8 Å². The van der Waals surface area contributed by atoms with Gasteiger partial charge in [0.2, 0.25) is 0 Å². The van der Waals surface area contributed by atoms with Gasteiger partial charge in [0.15, 0.2) is 8.07 Å². The van der Waals surface area contributed by atoms with E-state index in [9.17, 15) is 0 Å². The van der Waals surface area contributed by atoms with Gasteiger partial charge in [0.1, 0.15) is 11.2 Å². The van der Waals surface area contributed by atoms with Crippen LogP contribution in [0.3, 0.4) is 0 Å². The molecule has 66 heavy (non-hydrogen) atoms. The van der Waals surface area contributed by atoms with Crippen molar-refractivity contribution in [3.05, 3.63) is 255 Å². The number of fused-ring (bicyclic) bond motifs is 8. The second-order valence-electron chi connectivity index (χ2n) is 17.2. The zero-order valence-corrected chi connectivity index (χ0v) is 37.1. The minimum Gasteiger partial charge on any atom is -0.456 e. The highest BCUT2D eigenvalue weighted by Crippen LogP contribution is 2.45. The molecule has 1 aliphatic heterocycles. The summed E-state index contributed by atoms with van der Waals surface area (Å²) in [4.78, 5) is 4.84. The molecule has 0 spiro atoms. The third kappa shape index (κ3) is 5.89. The van der Waals surface area contributed by atoms with Gasteiger partial charge in [-0.3, -0.25) is 0 Å². The lowest BCUT2D eigenvalue weighted by Gasteiger charge is -2.45. The molecule has 0 aliphatic carbocycles. The molecule has 0 saturated carbocycles. The molecule has 0 fully saturated rings. The van der Waals surface area contributed by atoms with Crippen LogP contribution in [-0.2, 0) is 0 Å². The Labute approximate surface area is 384 Å². The third-order valence-corrected chi connectivity index (χ3v) is 18.5. The van der Waals surface area contributed by atoms with Crippen LogP contribution in [0.25, 0.3) is 54.6 Å². The number of furan rings is 1. The van der Waals surface area contributed by atoms with Gasteiger partial charge in [-0.05, 0) is 115 Å². The fraction of sp³-hybridized carbons (Fsp3) is 0. The van der Waals surface area contributed by atoms with Crippen LogP contribution in [0, 0.1) is 0 Å². The van der Waals surface area contributed by atoms with Gasteiger partial charge >= 0.3 is 0 Å². The van der Waals surface area contributed by atoms with E-state index in [-0.39, 0.29) is 0 Å². The van der Waals surface area contributed by atoms with Gasteiger partial charge in [-0.15, -0.1) is 0 Å². The predicted octanol–water partition coefficient (Wildman–Crippen LogP) is 14.2. The molecule has 0 N–H and O–H groups in total. The summed E-state index contributed by atoms with van der Waals surface area (Å²) in [6.45, 7) is 0. The zero-order valence-electron chi connectivity index (χ0n) is 36.1. The average molecular weight is 859 g/mol. The van der Waals surface area contributed by atoms with Gasteiger partial charge in [-0.2, -0.15) is 0 Å². The summed E-state index contributed by atoms with van der Waals surface area (Å²) in [5, 5.41) is 12.6. The van der Waals surface area contributed by atoms with E-state index >= 15 is 0 Å². The Bertz CT molecular complexity index is 3740. The van der Waals surface area contributed by atoms with Crippen LogP contribution in [0.15, 0.2) is 259 Å². The van der Waals surface area contributed by atoms with Gasteiger partial charge in [-0.1, -0.05) is 182 Å².